The van der Waals surface area contributed by atoms with Crippen molar-refractivity contribution in [2.24, 2.45) is 0 Å². The summed E-state index contributed by atoms with van der Waals surface area (Å²) in [5, 5.41) is 3.34. The Morgan fingerprint density at radius 1 is 0.846 bits per heavy atom. The lowest BCUT2D eigenvalue weighted by Gasteiger charge is -2.25. The number of nitrogens with one attached hydrogen (secondary N) is 1. The van der Waals surface area contributed by atoms with Crippen molar-refractivity contribution >= 4 is 32.6 Å². The van der Waals surface area contributed by atoms with Crippen LogP contribution in [0.2, 0.25) is 0 Å². The summed E-state index contributed by atoms with van der Waals surface area (Å²) >= 11 is 0. The lowest BCUT2D eigenvalue weighted by Crippen LogP contribution is -2.29. The maximum Gasteiger partial charge on any atom is 0.255 e. The van der Waals surface area contributed by atoms with Crippen LogP contribution in [0.5, 0.6) is 0 Å². The molecule has 0 fully saturated rings. The molecule has 0 atom stereocenters. The second-order valence-corrected chi connectivity index (χ2v) is 11.6. The van der Waals surface area contributed by atoms with Crippen molar-refractivity contribution in [1.29, 1.82) is 0 Å². The lowest BCUT2D eigenvalue weighted by atomic mass is 9.98. The van der Waals surface area contributed by atoms with E-state index in [0.29, 0.717) is 33.5 Å². The molecule has 6 nitrogen and oxygen atoms in total. The molecule has 0 spiro atoms. The molecule has 0 saturated heterocycles. The number of benzene rings is 4. The number of hydrogen-bond donors (Lipinski definition) is 1. The number of furan rings is 1. The van der Waals surface area contributed by atoms with Crippen LogP contribution in [-0.2, 0) is 16.6 Å². The zero-order valence-electron chi connectivity index (χ0n) is 22.4. The van der Waals surface area contributed by atoms with Gasteiger partial charge in [-0.2, -0.15) is 0 Å². The molecule has 0 saturated carbocycles. The van der Waals surface area contributed by atoms with E-state index in [0.717, 1.165) is 27.8 Å². The van der Waals surface area contributed by atoms with E-state index in [1.807, 2.05) is 98.8 Å². The molecule has 0 aliphatic carbocycles. The van der Waals surface area contributed by atoms with Crippen LogP contribution < -0.4 is 9.62 Å². The normalized spacial score (nSPS) is 11.5. The summed E-state index contributed by atoms with van der Waals surface area (Å²) in [6.07, 6.45) is 1.20. The first-order valence-corrected chi connectivity index (χ1v) is 14.5. The van der Waals surface area contributed by atoms with Gasteiger partial charge in [-0.15, -0.1) is 0 Å². The van der Waals surface area contributed by atoms with E-state index < -0.39 is 10.0 Å². The molecule has 5 rings (SSSR count). The first kappa shape index (κ1) is 26.3. The van der Waals surface area contributed by atoms with E-state index in [1.165, 1.54) is 10.6 Å². The number of hydrogen-bond acceptors (Lipinski definition) is 4. The third-order valence-electron chi connectivity index (χ3n) is 6.77. The average molecular weight is 539 g/mol. The molecule has 5 aromatic rings. The molecule has 1 heterocycles. The highest BCUT2D eigenvalue weighted by Gasteiger charge is 2.27. The number of carbonyl (C=O) groups excluding carboxylic acids is 1. The standard InChI is InChI=1S/C32H30N2O4S/c1-21-10-14-23(15-11-21)20-34(39(4,36)37)28-19-29-27(18-26(28)24-8-6-5-7-9-24)30(32(35)33-3)31(38-29)25-16-12-22(2)13-17-25/h5-19H,20H2,1-4H3,(H,33,35). The summed E-state index contributed by atoms with van der Waals surface area (Å²) in [4.78, 5) is 13.2. The van der Waals surface area contributed by atoms with Gasteiger partial charge in [0.05, 0.1) is 24.1 Å². The molecular formula is C32H30N2O4S. The topological polar surface area (TPSA) is 79.6 Å². The molecule has 0 aliphatic heterocycles. The van der Waals surface area contributed by atoms with Crippen LogP contribution in [0.4, 0.5) is 5.69 Å². The number of aryl methyl sites for hydroxylation is 2. The molecule has 1 aromatic heterocycles. The molecule has 0 unspecified atom stereocenters. The van der Waals surface area contributed by atoms with Crippen molar-refractivity contribution in [1.82, 2.24) is 5.32 Å². The van der Waals surface area contributed by atoms with Gasteiger partial charge in [0.15, 0.2) is 0 Å². The zero-order valence-corrected chi connectivity index (χ0v) is 23.2. The molecule has 7 heteroatoms. The Hall–Kier alpha value is -4.36. The Kier molecular flexibility index (Phi) is 7.02. The van der Waals surface area contributed by atoms with Gasteiger partial charge in [0.1, 0.15) is 11.3 Å². The van der Waals surface area contributed by atoms with E-state index in [-0.39, 0.29) is 12.5 Å². The van der Waals surface area contributed by atoms with E-state index >= 15 is 0 Å². The maximum absolute atomic E-state index is 13.2. The minimum Gasteiger partial charge on any atom is -0.455 e. The SMILES string of the molecule is CNC(=O)c1c(-c2ccc(C)cc2)oc2cc(N(Cc3ccc(C)cc3)S(C)(=O)=O)c(-c3ccccc3)cc12. The van der Waals surface area contributed by atoms with Gasteiger partial charge in [0, 0.05) is 29.6 Å². The van der Waals surface area contributed by atoms with Crippen LogP contribution >= 0.6 is 0 Å². The summed E-state index contributed by atoms with van der Waals surface area (Å²) in [6.45, 7) is 4.14. The van der Waals surface area contributed by atoms with Gasteiger partial charge in [-0.05, 0) is 31.0 Å². The average Bonchev–Trinajstić information content (AvgIpc) is 3.30. The van der Waals surface area contributed by atoms with Gasteiger partial charge in [-0.3, -0.25) is 9.10 Å². The summed E-state index contributed by atoms with van der Waals surface area (Å²) in [5.41, 5.74) is 6.62. The Labute approximate surface area is 229 Å². The van der Waals surface area contributed by atoms with Crippen molar-refractivity contribution in [3.63, 3.8) is 0 Å². The molecule has 0 bridgehead atoms. The Morgan fingerprint density at radius 2 is 1.46 bits per heavy atom. The Morgan fingerprint density at radius 3 is 2.05 bits per heavy atom. The smallest absolute Gasteiger partial charge is 0.255 e. The quantitative estimate of drug-likeness (QED) is 0.250. The monoisotopic (exact) mass is 538 g/mol. The third kappa shape index (κ3) is 5.31. The van der Waals surface area contributed by atoms with Gasteiger partial charge in [0.25, 0.3) is 5.91 Å². The minimum absolute atomic E-state index is 0.151. The van der Waals surface area contributed by atoms with E-state index in [2.05, 4.69) is 5.32 Å². The second-order valence-electron chi connectivity index (χ2n) is 9.74. The van der Waals surface area contributed by atoms with E-state index in [4.69, 9.17) is 4.42 Å². The molecule has 198 valence electrons. The fourth-order valence-corrected chi connectivity index (χ4v) is 5.58. The van der Waals surface area contributed by atoms with Crippen LogP contribution in [0.1, 0.15) is 27.0 Å². The summed E-state index contributed by atoms with van der Waals surface area (Å²) < 4.78 is 34.2. The van der Waals surface area contributed by atoms with Gasteiger partial charge in [-0.25, -0.2) is 8.42 Å². The molecule has 0 aliphatic rings. The first-order chi connectivity index (χ1) is 18.7. The van der Waals surface area contributed by atoms with Crippen LogP contribution in [0.3, 0.4) is 0 Å². The van der Waals surface area contributed by atoms with Crippen molar-refractivity contribution in [2.45, 2.75) is 20.4 Å². The number of fused-ring (bicyclic) bond motifs is 1. The number of nitrogens with zero attached hydrogens (tertiary/aromatic N) is 1. The molecule has 1 amide bonds. The molecule has 0 radical (unpaired) electrons. The van der Waals surface area contributed by atoms with Crippen molar-refractivity contribution in [2.75, 3.05) is 17.6 Å². The van der Waals surface area contributed by atoms with Gasteiger partial charge < -0.3 is 9.73 Å². The summed E-state index contributed by atoms with van der Waals surface area (Å²) in [5.74, 6) is 0.153. The number of anilines is 1. The summed E-state index contributed by atoms with van der Waals surface area (Å²) in [7, 11) is -2.11. The van der Waals surface area contributed by atoms with E-state index in [9.17, 15) is 13.2 Å². The van der Waals surface area contributed by atoms with Crippen LogP contribution in [-0.4, -0.2) is 27.6 Å². The van der Waals surface area contributed by atoms with Crippen molar-refractivity contribution in [3.8, 4) is 22.5 Å². The Bertz CT molecular complexity index is 1760. The number of amides is 1. The van der Waals surface area contributed by atoms with Gasteiger partial charge in [-0.1, -0.05) is 90.0 Å². The van der Waals surface area contributed by atoms with Crippen LogP contribution in [0, 0.1) is 13.8 Å². The number of rotatable bonds is 7. The number of sulfonamides is 1. The van der Waals surface area contributed by atoms with Crippen LogP contribution in [0.15, 0.2) is 95.4 Å². The fourth-order valence-electron chi connectivity index (χ4n) is 4.69. The fraction of sp³-hybridized carbons (Fsp3) is 0.156. The van der Waals surface area contributed by atoms with Gasteiger partial charge >= 0.3 is 0 Å². The molecule has 1 N–H and O–H groups in total. The molecular weight excluding hydrogens is 508 g/mol. The summed E-state index contributed by atoms with van der Waals surface area (Å²) in [6, 6.07) is 28.7. The highest BCUT2D eigenvalue weighted by molar-refractivity contribution is 7.92. The lowest BCUT2D eigenvalue weighted by molar-refractivity contribution is 0.0964. The predicted octanol–water partition coefficient (Wildman–Crippen LogP) is 6.71. The Balaban J connectivity index is 1.80. The second kappa shape index (κ2) is 10.4. The third-order valence-corrected chi connectivity index (χ3v) is 7.90. The zero-order chi connectivity index (χ0) is 27.7. The number of carbonyl (C=O) groups is 1. The predicted molar refractivity (Wildman–Crippen MR) is 157 cm³/mol. The highest BCUT2D eigenvalue weighted by atomic mass is 32.2. The molecule has 4 aromatic carbocycles. The van der Waals surface area contributed by atoms with Gasteiger partial charge in [0.2, 0.25) is 10.0 Å². The minimum atomic E-state index is -3.69. The van der Waals surface area contributed by atoms with Crippen molar-refractivity contribution < 1.29 is 17.6 Å². The van der Waals surface area contributed by atoms with E-state index in [1.54, 1.807) is 13.1 Å². The highest BCUT2D eigenvalue weighted by Crippen LogP contribution is 2.42. The maximum atomic E-state index is 13.2. The van der Waals surface area contributed by atoms with Crippen LogP contribution in [0.25, 0.3) is 33.4 Å². The molecule has 39 heavy (non-hydrogen) atoms. The largest absolute Gasteiger partial charge is 0.455 e. The van der Waals surface area contributed by atoms with Crippen molar-refractivity contribution in [3.05, 3.63) is 113 Å². The first-order valence-electron chi connectivity index (χ1n) is 12.6.